The number of likely N-dealkylation sites (N-methyl/N-ethyl adjacent to an activating group) is 1. The molecule has 53 heavy (non-hydrogen) atoms. The molecule has 0 aromatic heterocycles. The van der Waals surface area contributed by atoms with E-state index in [1.165, 1.54) is 70.6 Å². The summed E-state index contributed by atoms with van der Waals surface area (Å²) in [5, 5.41) is 0. The van der Waals surface area contributed by atoms with Crippen LogP contribution in [0.15, 0.2) is 48.6 Å². The molecule has 0 rings (SSSR count). The lowest BCUT2D eigenvalue weighted by Crippen LogP contribution is -2.29. The molecule has 0 heterocycles. The summed E-state index contributed by atoms with van der Waals surface area (Å²) in [5.41, 5.74) is 0. The first-order valence-electron chi connectivity index (χ1n) is 20.9. The Balaban J connectivity index is 4.39. The largest absolute Gasteiger partial charge is 0.472 e. The van der Waals surface area contributed by atoms with Crippen molar-refractivity contribution in [2.45, 2.75) is 174 Å². The summed E-state index contributed by atoms with van der Waals surface area (Å²) in [6, 6.07) is 0. The van der Waals surface area contributed by atoms with Crippen LogP contribution in [0, 0.1) is 0 Å². The lowest BCUT2D eigenvalue weighted by atomic mass is 10.1. The van der Waals surface area contributed by atoms with Gasteiger partial charge in [-0.05, 0) is 91.1 Å². The van der Waals surface area contributed by atoms with Gasteiger partial charge in [0.05, 0.1) is 13.2 Å². The van der Waals surface area contributed by atoms with Crippen LogP contribution in [0.1, 0.15) is 168 Å². The van der Waals surface area contributed by atoms with Crippen molar-refractivity contribution in [3.8, 4) is 0 Å². The van der Waals surface area contributed by atoms with Crippen molar-refractivity contribution in [3.63, 3.8) is 0 Å². The summed E-state index contributed by atoms with van der Waals surface area (Å²) >= 11 is 0. The number of allylic oxidation sites excluding steroid dienone is 8. The minimum Gasteiger partial charge on any atom is -0.462 e. The molecule has 2 unspecified atom stereocenters. The van der Waals surface area contributed by atoms with Crippen molar-refractivity contribution in [1.82, 2.24) is 4.90 Å². The van der Waals surface area contributed by atoms with Crippen molar-refractivity contribution in [1.29, 1.82) is 0 Å². The third kappa shape index (κ3) is 39.5. The fourth-order valence-corrected chi connectivity index (χ4v) is 6.08. The smallest absolute Gasteiger partial charge is 0.462 e. The summed E-state index contributed by atoms with van der Waals surface area (Å²) in [6.45, 7) is 4.22. The maximum atomic E-state index is 12.6. The van der Waals surface area contributed by atoms with Crippen molar-refractivity contribution >= 4 is 19.8 Å². The van der Waals surface area contributed by atoms with Gasteiger partial charge >= 0.3 is 19.8 Å². The van der Waals surface area contributed by atoms with Crippen LogP contribution in [0.3, 0.4) is 0 Å². The number of hydrogen-bond acceptors (Lipinski definition) is 8. The first kappa shape index (κ1) is 51.0. The highest BCUT2D eigenvalue weighted by atomic mass is 31.2. The van der Waals surface area contributed by atoms with Gasteiger partial charge in [0.1, 0.15) is 6.61 Å². The Morgan fingerprint density at radius 1 is 0.585 bits per heavy atom. The zero-order valence-electron chi connectivity index (χ0n) is 34.2. The van der Waals surface area contributed by atoms with Gasteiger partial charge in [0.15, 0.2) is 6.10 Å². The number of nitrogens with zero attached hydrogens (tertiary/aromatic N) is 1. The third-order valence-corrected chi connectivity index (χ3v) is 9.59. The molecule has 0 bridgehead atoms. The Morgan fingerprint density at radius 3 is 1.60 bits per heavy atom. The lowest BCUT2D eigenvalue weighted by Gasteiger charge is -2.20. The molecule has 2 atom stereocenters. The average molecular weight is 768 g/mol. The predicted octanol–water partition coefficient (Wildman–Crippen LogP) is 11.8. The molecule has 0 spiro atoms. The fourth-order valence-electron chi connectivity index (χ4n) is 5.33. The minimum absolute atomic E-state index is 0.000793. The molecule has 0 fully saturated rings. The molecule has 9 nitrogen and oxygen atoms in total. The molecule has 0 aromatic rings. The van der Waals surface area contributed by atoms with E-state index in [0.717, 1.165) is 57.8 Å². The van der Waals surface area contributed by atoms with Crippen molar-refractivity contribution < 1.29 is 37.6 Å². The van der Waals surface area contributed by atoms with Gasteiger partial charge in [0.25, 0.3) is 0 Å². The van der Waals surface area contributed by atoms with Crippen LogP contribution in [0.5, 0.6) is 0 Å². The topological polar surface area (TPSA) is 112 Å². The predicted molar refractivity (Wildman–Crippen MR) is 220 cm³/mol. The molecule has 1 N–H and O–H groups in total. The maximum Gasteiger partial charge on any atom is 0.472 e. The average Bonchev–Trinajstić information content (AvgIpc) is 3.12. The second-order valence-electron chi connectivity index (χ2n) is 14.2. The van der Waals surface area contributed by atoms with Crippen LogP contribution in [-0.4, -0.2) is 68.3 Å². The molecule has 0 aliphatic carbocycles. The van der Waals surface area contributed by atoms with Crippen LogP contribution < -0.4 is 0 Å². The van der Waals surface area contributed by atoms with Crippen LogP contribution in [-0.2, 0) is 32.7 Å². The molecule has 0 aliphatic heterocycles. The van der Waals surface area contributed by atoms with Crippen LogP contribution in [0.2, 0.25) is 0 Å². The molecule has 0 aromatic carbocycles. The summed E-state index contributed by atoms with van der Waals surface area (Å²) in [5.74, 6) is -0.855. The molecule has 0 amide bonds. The standard InChI is InChI=1S/C43H78NO8P/c1-5-7-9-11-13-15-17-19-21-23-25-27-29-31-33-35-42(45)49-39-41(40-51-53(47,48)50-38-37-44(3)4)52-43(46)36-34-32-30-28-26-24-22-20-18-16-14-12-10-8-6-2/h13,15-16,18-19,21,25,27,41H,5-12,14,17,20,22-24,26,28-40H2,1-4H3,(H,47,48)/b15-13-,18-16-,21-19-,27-25-. The Labute approximate surface area is 324 Å². The first-order chi connectivity index (χ1) is 25.7. The summed E-state index contributed by atoms with van der Waals surface area (Å²) in [6.07, 6.45) is 41.5. The number of phosphoric acid groups is 1. The third-order valence-electron chi connectivity index (χ3n) is 8.61. The van der Waals surface area contributed by atoms with E-state index in [-0.39, 0.29) is 26.1 Å². The van der Waals surface area contributed by atoms with E-state index in [2.05, 4.69) is 62.5 Å². The second kappa shape index (κ2) is 38.3. The Hall–Kier alpha value is -2.03. The summed E-state index contributed by atoms with van der Waals surface area (Å²) in [4.78, 5) is 36.9. The highest BCUT2D eigenvalue weighted by molar-refractivity contribution is 7.47. The van der Waals surface area contributed by atoms with Crippen molar-refractivity contribution in [2.75, 3.05) is 40.5 Å². The molecule has 10 heteroatoms. The van der Waals surface area contributed by atoms with Gasteiger partial charge in [0, 0.05) is 19.4 Å². The van der Waals surface area contributed by atoms with Gasteiger partial charge in [-0.3, -0.25) is 18.6 Å². The van der Waals surface area contributed by atoms with Crippen LogP contribution in [0.4, 0.5) is 0 Å². The number of rotatable bonds is 38. The van der Waals surface area contributed by atoms with E-state index in [4.69, 9.17) is 18.5 Å². The molecular formula is C43H78NO8P. The number of hydrogen-bond donors (Lipinski definition) is 1. The van der Waals surface area contributed by atoms with Gasteiger partial charge in [0.2, 0.25) is 0 Å². The zero-order valence-corrected chi connectivity index (χ0v) is 35.1. The minimum atomic E-state index is -4.37. The Bertz CT molecular complexity index is 1030. The van der Waals surface area contributed by atoms with Crippen LogP contribution in [0.25, 0.3) is 0 Å². The SMILES string of the molecule is CCCCC/C=C\C/C=C\C/C=C\CCCCC(=O)OCC(COP(=O)(O)OCCN(C)C)OC(=O)CCCCCCCCC/C=C\CCCCCC. The van der Waals surface area contributed by atoms with E-state index < -0.39 is 32.5 Å². The number of unbranched alkanes of at least 4 members (excludes halogenated alkanes) is 16. The van der Waals surface area contributed by atoms with Crippen molar-refractivity contribution in [2.24, 2.45) is 0 Å². The van der Waals surface area contributed by atoms with Gasteiger partial charge in [-0.1, -0.05) is 127 Å². The normalized spacial score (nSPS) is 13.9. The van der Waals surface area contributed by atoms with Crippen molar-refractivity contribution in [3.05, 3.63) is 48.6 Å². The first-order valence-corrected chi connectivity index (χ1v) is 22.4. The highest BCUT2D eigenvalue weighted by Gasteiger charge is 2.26. The van der Waals surface area contributed by atoms with Crippen LogP contribution >= 0.6 is 7.82 Å². The van der Waals surface area contributed by atoms with E-state index in [1.807, 2.05) is 19.0 Å². The van der Waals surface area contributed by atoms with Gasteiger partial charge < -0.3 is 19.3 Å². The number of ether oxygens (including phenoxy) is 2. The van der Waals surface area contributed by atoms with Gasteiger partial charge in [-0.25, -0.2) is 4.57 Å². The molecule has 0 saturated carbocycles. The van der Waals surface area contributed by atoms with E-state index >= 15 is 0 Å². The molecular weight excluding hydrogens is 689 g/mol. The summed E-state index contributed by atoms with van der Waals surface area (Å²) in [7, 11) is -0.733. The number of carbonyl (C=O) groups is 2. The van der Waals surface area contributed by atoms with E-state index in [1.54, 1.807) is 0 Å². The second-order valence-corrected chi connectivity index (χ2v) is 15.6. The maximum absolute atomic E-state index is 12.6. The molecule has 0 radical (unpaired) electrons. The van der Waals surface area contributed by atoms with E-state index in [0.29, 0.717) is 19.4 Å². The zero-order chi connectivity index (χ0) is 39.1. The quantitative estimate of drug-likeness (QED) is 0.0284. The molecule has 0 saturated heterocycles. The van der Waals surface area contributed by atoms with E-state index in [9.17, 15) is 19.0 Å². The lowest BCUT2D eigenvalue weighted by molar-refractivity contribution is -0.161. The summed E-state index contributed by atoms with van der Waals surface area (Å²) < 4.78 is 33.4. The molecule has 0 aliphatic rings. The number of phosphoric ester groups is 1. The Morgan fingerprint density at radius 2 is 1.02 bits per heavy atom. The molecule has 308 valence electrons. The Kier molecular flexibility index (Phi) is 36.8. The monoisotopic (exact) mass is 768 g/mol. The highest BCUT2D eigenvalue weighted by Crippen LogP contribution is 2.43. The fraction of sp³-hybridized carbons (Fsp3) is 0.767. The number of esters is 2. The van der Waals surface area contributed by atoms with Gasteiger partial charge in [-0.15, -0.1) is 0 Å². The number of carbonyl (C=O) groups excluding carboxylic acids is 2. The van der Waals surface area contributed by atoms with Gasteiger partial charge in [-0.2, -0.15) is 0 Å².